The average molecular weight is 449 g/mol. The van der Waals surface area contributed by atoms with Crippen LogP contribution in [-0.2, 0) is 17.6 Å². The molecule has 1 aliphatic heterocycles. The first-order valence-corrected chi connectivity index (χ1v) is 11.4. The van der Waals surface area contributed by atoms with Crippen LogP contribution >= 0.6 is 11.6 Å². The van der Waals surface area contributed by atoms with Crippen LogP contribution in [0.5, 0.6) is 5.88 Å². The second-order valence-electron chi connectivity index (χ2n) is 8.39. The molecule has 2 aromatic heterocycles. The Bertz CT molecular complexity index is 1120. The summed E-state index contributed by atoms with van der Waals surface area (Å²) in [7, 11) is 0. The molecular weight excluding hydrogens is 424 g/mol. The summed E-state index contributed by atoms with van der Waals surface area (Å²) in [4.78, 5) is 4.29. The Hall–Kier alpha value is -2.88. The molecule has 6 nitrogen and oxygen atoms in total. The number of hydrogen-bond acceptors (Lipinski definition) is 5. The molecule has 0 spiro atoms. The van der Waals surface area contributed by atoms with E-state index in [0.717, 1.165) is 55.0 Å². The Morgan fingerprint density at radius 3 is 2.72 bits per heavy atom. The number of hydrogen-bond donors (Lipinski definition) is 0. The van der Waals surface area contributed by atoms with Gasteiger partial charge >= 0.3 is 0 Å². The number of nitrogens with zero attached hydrogens (tertiary/aromatic N) is 4. The molecule has 0 amide bonds. The zero-order chi connectivity index (χ0) is 21.9. The first kappa shape index (κ1) is 21.0. The number of aromatic nitrogens is 4. The van der Waals surface area contributed by atoms with Crippen LogP contribution in [0.4, 0.5) is 0 Å². The molecule has 1 aromatic carbocycles. The normalized spacial score (nSPS) is 22.3. The van der Waals surface area contributed by atoms with E-state index in [-0.39, 0.29) is 18.8 Å². The summed E-state index contributed by atoms with van der Waals surface area (Å²) in [5.41, 5.74) is 2.22. The Balaban J connectivity index is 1.38. The van der Waals surface area contributed by atoms with Crippen molar-refractivity contribution in [3.8, 4) is 23.9 Å². The summed E-state index contributed by atoms with van der Waals surface area (Å²) in [6.07, 6.45) is 12.6. The summed E-state index contributed by atoms with van der Waals surface area (Å²) in [5.74, 6) is 5.51. The fourth-order valence-electron chi connectivity index (χ4n) is 4.76. The lowest BCUT2D eigenvalue weighted by atomic mass is 9.86. The minimum Gasteiger partial charge on any atom is -0.474 e. The number of ether oxygens (including phenoxy) is 2. The molecule has 0 bridgehead atoms. The average Bonchev–Trinajstić information content (AvgIpc) is 3.15. The van der Waals surface area contributed by atoms with Gasteiger partial charge in [-0.2, -0.15) is 0 Å². The molecule has 1 saturated carbocycles. The maximum Gasteiger partial charge on any atom is 0.213 e. The van der Waals surface area contributed by atoms with Crippen LogP contribution in [-0.4, -0.2) is 38.6 Å². The Kier molecular flexibility index (Phi) is 6.11. The van der Waals surface area contributed by atoms with Crippen LogP contribution < -0.4 is 4.74 Å². The van der Waals surface area contributed by atoms with Gasteiger partial charge in [-0.15, -0.1) is 16.6 Å². The molecule has 0 radical (unpaired) electrons. The lowest BCUT2D eigenvalue weighted by Gasteiger charge is -2.28. The summed E-state index contributed by atoms with van der Waals surface area (Å²) >= 11 is 6.32. The molecule has 0 saturated heterocycles. The fraction of sp³-hybridized carbons (Fsp3) is 0.400. The van der Waals surface area contributed by atoms with Gasteiger partial charge in [-0.25, -0.2) is 4.98 Å². The van der Waals surface area contributed by atoms with Crippen LogP contribution in [0.1, 0.15) is 48.8 Å². The Labute approximate surface area is 192 Å². The molecule has 164 valence electrons. The van der Waals surface area contributed by atoms with Crippen molar-refractivity contribution in [1.82, 2.24) is 19.7 Å². The maximum atomic E-state index is 6.32. The highest BCUT2D eigenvalue weighted by molar-refractivity contribution is 6.30. The van der Waals surface area contributed by atoms with Gasteiger partial charge in [0.25, 0.3) is 0 Å². The molecule has 32 heavy (non-hydrogen) atoms. The number of rotatable bonds is 5. The second-order valence-corrected chi connectivity index (χ2v) is 8.82. The van der Waals surface area contributed by atoms with Crippen molar-refractivity contribution in [3.63, 3.8) is 0 Å². The van der Waals surface area contributed by atoms with Gasteiger partial charge in [0.05, 0.1) is 11.8 Å². The minimum atomic E-state index is -0.0518. The minimum absolute atomic E-state index is 0.0518. The molecule has 3 aromatic rings. The highest BCUT2D eigenvalue weighted by Gasteiger charge is 2.32. The van der Waals surface area contributed by atoms with E-state index in [1.165, 1.54) is 0 Å². The van der Waals surface area contributed by atoms with E-state index >= 15 is 0 Å². The quantitative estimate of drug-likeness (QED) is 0.536. The lowest BCUT2D eigenvalue weighted by molar-refractivity contribution is 0.0780. The second kappa shape index (κ2) is 9.32. The van der Waals surface area contributed by atoms with Crippen molar-refractivity contribution < 1.29 is 9.47 Å². The van der Waals surface area contributed by atoms with Gasteiger partial charge in [0.2, 0.25) is 5.88 Å². The molecule has 2 aliphatic rings. The van der Waals surface area contributed by atoms with Crippen LogP contribution in [0.25, 0.3) is 5.69 Å². The Morgan fingerprint density at radius 1 is 1.06 bits per heavy atom. The van der Waals surface area contributed by atoms with Gasteiger partial charge in [-0.1, -0.05) is 23.6 Å². The van der Waals surface area contributed by atoms with E-state index in [0.29, 0.717) is 23.2 Å². The topological polar surface area (TPSA) is 62.1 Å². The predicted molar refractivity (Wildman–Crippen MR) is 122 cm³/mol. The summed E-state index contributed by atoms with van der Waals surface area (Å²) in [6, 6.07) is 11.8. The SMILES string of the molecule is C#CCOC1Cc2cc(Cl)ccc2-n2c(nnc2C2CCC(Oc3ccccn3)CC2)C1. The lowest BCUT2D eigenvalue weighted by Crippen LogP contribution is -2.25. The first-order chi connectivity index (χ1) is 15.7. The maximum absolute atomic E-state index is 6.32. The zero-order valence-electron chi connectivity index (χ0n) is 17.8. The first-order valence-electron chi connectivity index (χ1n) is 11.1. The number of halogens is 1. The number of fused-ring (bicyclic) bond motifs is 3. The highest BCUT2D eigenvalue weighted by Crippen LogP contribution is 2.37. The van der Waals surface area contributed by atoms with Gasteiger partial charge in [0.15, 0.2) is 0 Å². The number of benzene rings is 1. The molecule has 1 atom stereocenters. The third-order valence-electron chi connectivity index (χ3n) is 6.26. The van der Waals surface area contributed by atoms with Crippen molar-refractivity contribution in [1.29, 1.82) is 0 Å². The monoisotopic (exact) mass is 448 g/mol. The Morgan fingerprint density at radius 2 is 1.94 bits per heavy atom. The van der Waals surface area contributed by atoms with Gasteiger partial charge in [-0.3, -0.25) is 4.57 Å². The van der Waals surface area contributed by atoms with E-state index < -0.39 is 0 Å². The smallest absolute Gasteiger partial charge is 0.213 e. The molecular formula is C25H25ClN4O2. The molecule has 5 rings (SSSR count). The van der Waals surface area contributed by atoms with Crippen molar-refractivity contribution in [2.24, 2.45) is 0 Å². The van der Waals surface area contributed by atoms with Crippen molar-refractivity contribution >= 4 is 11.6 Å². The molecule has 7 heteroatoms. The van der Waals surface area contributed by atoms with Gasteiger partial charge in [-0.05, 0) is 55.5 Å². The largest absolute Gasteiger partial charge is 0.474 e. The van der Waals surface area contributed by atoms with E-state index in [1.807, 2.05) is 30.3 Å². The van der Waals surface area contributed by atoms with Crippen LogP contribution in [0.3, 0.4) is 0 Å². The van der Waals surface area contributed by atoms with E-state index in [9.17, 15) is 0 Å². The standard InChI is InChI=1S/C25H25ClN4O2/c1-2-13-31-21-15-18-14-19(26)8-11-22(18)30-23(16-21)28-29-25(30)17-6-9-20(10-7-17)32-24-5-3-4-12-27-24/h1,3-5,8,11-12,14,17,20-21H,6-7,9-10,13,15-16H2. The van der Waals surface area contributed by atoms with E-state index in [4.69, 9.17) is 27.5 Å². The van der Waals surface area contributed by atoms with Crippen molar-refractivity contribution in [2.75, 3.05) is 6.61 Å². The predicted octanol–water partition coefficient (Wildman–Crippen LogP) is 4.54. The third kappa shape index (κ3) is 4.36. The molecule has 0 N–H and O–H groups in total. The number of pyridine rings is 1. The van der Waals surface area contributed by atoms with Gasteiger partial charge in [0, 0.05) is 36.0 Å². The fourth-order valence-corrected chi connectivity index (χ4v) is 4.95. The van der Waals surface area contributed by atoms with Crippen molar-refractivity contribution in [3.05, 3.63) is 64.8 Å². The summed E-state index contributed by atoms with van der Waals surface area (Å²) in [6.45, 7) is 0.280. The van der Waals surface area contributed by atoms with Crippen LogP contribution in [0, 0.1) is 12.3 Å². The third-order valence-corrected chi connectivity index (χ3v) is 6.50. The molecule has 3 heterocycles. The zero-order valence-corrected chi connectivity index (χ0v) is 18.5. The van der Waals surface area contributed by atoms with E-state index in [2.05, 4.69) is 31.7 Å². The highest BCUT2D eigenvalue weighted by atomic mass is 35.5. The molecule has 1 unspecified atom stereocenters. The number of terminal acetylenes is 1. The summed E-state index contributed by atoms with van der Waals surface area (Å²) in [5, 5.41) is 9.92. The molecule has 1 fully saturated rings. The van der Waals surface area contributed by atoms with Crippen molar-refractivity contribution in [2.45, 2.75) is 56.7 Å². The van der Waals surface area contributed by atoms with Crippen LogP contribution in [0.15, 0.2) is 42.6 Å². The molecule has 1 aliphatic carbocycles. The van der Waals surface area contributed by atoms with Gasteiger partial charge in [0.1, 0.15) is 24.4 Å². The van der Waals surface area contributed by atoms with E-state index in [1.54, 1.807) is 6.20 Å². The van der Waals surface area contributed by atoms with Gasteiger partial charge < -0.3 is 9.47 Å². The van der Waals surface area contributed by atoms with Crippen LogP contribution in [0.2, 0.25) is 5.02 Å². The summed E-state index contributed by atoms with van der Waals surface area (Å²) < 4.78 is 14.2.